The number of nitrogens with zero attached hydrogens (tertiary/aromatic N) is 2. The Morgan fingerprint density at radius 2 is 1.46 bits per heavy atom. The topological polar surface area (TPSA) is 19.6 Å². The number of para-hydroxylation sites is 2. The number of thioether (sulfide) groups is 1. The molecular formula is C50H36N2OS. The van der Waals surface area contributed by atoms with Gasteiger partial charge < -0.3 is 14.2 Å². The quantitative estimate of drug-likeness (QED) is 0.181. The van der Waals surface area contributed by atoms with Crippen LogP contribution in [-0.4, -0.2) is 12.1 Å². The predicted molar refractivity (Wildman–Crippen MR) is 225 cm³/mol. The van der Waals surface area contributed by atoms with Gasteiger partial charge in [-0.3, -0.25) is 0 Å². The Balaban J connectivity index is 0.983. The summed E-state index contributed by atoms with van der Waals surface area (Å²) in [5.41, 5.74) is 12.7. The summed E-state index contributed by atoms with van der Waals surface area (Å²) in [5.74, 6) is 1.71. The second-order valence-corrected chi connectivity index (χ2v) is 16.3. The number of furan rings is 1. The molecule has 0 bridgehead atoms. The van der Waals surface area contributed by atoms with Crippen LogP contribution < -0.4 is 9.80 Å². The second-order valence-electron chi connectivity index (χ2n) is 15.1. The molecule has 5 atom stereocenters. The Morgan fingerprint density at radius 3 is 2.41 bits per heavy atom. The molecule has 7 aromatic rings. The molecule has 0 fully saturated rings. The van der Waals surface area contributed by atoms with Gasteiger partial charge in [0.25, 0.3) is 0 Å². The van der Waals surface area contributed by atoms with Gasteiger partial charge in [0.2, 0.25) is 0 Å². The zero-order valence-corrected chi connectivity index (χ0v) is 30.4. The van der Waals surface area contributed by atoms with Gasteiger partial charge in [-0.1, -0.05) is 127 Å². The molecule has 0 saturated heterocycles. The Bertz CT molecular complexity index is 2790. The smallest absolute Gasteiger partial charge is 0.142 e. The number of benzene rings is 6. The molecule has 54 heavy (non-hydrogen) atoms. The van der Waals surface area contributed by atoms with Crippen LogP contribution in [0.2, 0.25) is 0 Å². The average molecular weight is 713 g/mol. The average Bonchev–Trinajstić information content (AvgIpc) is 3.90. The summed E-state index contributed by atoms with van der Waals surface area (Å²) in [5, 5.41) is 3.97. The molecule has 3 heterocycles. The Labute approximate surface area is 319 Å². The minimum absolute atomic E-state index is 0.0677. The molecule has 3 nitrogen and oxygen atoms in total. The van der Waals surface area contributed by atoms with E-state index in [0.29, 0.717) is 11.2 Å². The van der Waals surface area contributed by atoms with Crippen molar-refractivity contribution in [2.45, 2.75) is 40.5 Å². The lowest BCUT2D eigenvalue weighted by atomic mass is 9.85. The molecule has 6 aromatic carbocycles. The van der Waals surface area contributed by atoms with Gasteiger partial charge >= 0.3 is 0 Å². The highest BCUT2D eigenvalue weighted by Crippen LogP contribution is 2.58. The minimum atomic E-state index is 0.0677. The SMILES string of the molecule is C1=CC2c3ccccc3N(c3ccccc3)C2C=C1N(c1ccc2c(c1)SC1c3ccccc3C=CC21)C1C=Cc2c(oc3c2ccc2ccccc23)C1. The minimum Gasteiger partial charge on any atom is -0.460 e. The van der Waals surface area contributed by atoms with Gasteiger partial charge in [0.05, 0.1) is 12.1 Å². The van der Waals surface area contributed by atoms with E-state index in [1.54, 1.807) is 0 Å². The van der Waals surface area contributed by atoms with E-state index in [-0.39, 0.29) is 18.0 Å². The van der Waals surface area contributed by atoms with E-state index >= 15 is 0 Å². The zero-order valence-electron chi connectivity index (χ0n) is 29.5. The van der Waals surface area contributed by atoms with Gasteiger partial charge in [-0.25, -0.2) is 0 Å². The summed E-state index contributed by atoms with van der Waals surface area (Å²) < 4.78 is 6.83. The highest BCUT2D eigenvalue weighted by molar-refractivity contribution is 8.00. The van der Waals surface area contributed by atoms with Crippen LogP contribution in [0.15, 0.2) is 179 Å². The summed E-state index contributed by atoms with van der Waals surface area (Å²) in [6, 6.07) is 49.2. The largest absolute Gasteiger partial charge is 0.460 e. The van der Waals surface area contributed by atoms with E-state index in [2.05, 4.69) is 186 Å². The van der Waals surface area contributed by atoms with E-state index in [1.165, 1.54) is 71.6 Å². The number of rotatable bonds is 4. The van der Waals surface area contributed by atoms with Gasteiger partial charge in [0, 0.05) is 67.5 Å². The summed E-state index contributed by atoms with van der Waals surface area (Å²) in [4.78, 5) is 6.49. The van der Waals surface area contributed by atoms with Crippen LogP contribution >= 0.6 is 11.8 Å². The van der Waals surface area contributed by atoms with Gasteiger partial charge in [-0.05, 0) is 76.2 Å². The fourth-order valence-corrected chi connectivity index (χ4v) is 11.3. The molecule has 5 unspecified atom stereocenters. The molecule has 5 aliphatic rings. The molecule has 0 N–H and O–H groups in total. The first-order valence-corrected chi connectivity index (χ1v) is 20.0. The first kappa shape index (κ1) is 30.5. The fourth-order valence-electron chi connectivity index (χ4n) is 9.80. The molecule has 0 spiro atoms. The molecule has 2 aliphatic heterocycles. The Morgan fingerprint density at radius 1 is 0.648 bits per heavy atom. The van der Waals surface area contributed by atoms with Crippen molar-refractivity contribution >= 4 is 62.7 Å². The number of fused-ring (bicyclic) bond motifs is 13. The molecule has 3 aliphatic carbocycles. The lowest BCUT2D eigenvalue weighted by Crippen LogP contribution is -2.38. The number of allylic oxidation sites excluding steroid dienone is 2. The third-order valence-corrected chi connectivity index (χ3v) is 13.7. The highest BCUT2D eigenvalue weighted by Gasteiger charge is 2.41. The number of hydrogen-bond acceptors (Lipinski definition) is 4. The lowest BCUT2D eigenvalue weighted by Gasteiger charge is -2.38. The first-order valence-electron chi connectivity index (χ1n) is 19.1. The monoisotopic (exact) mass is 712 g/mol. The molecule has 1 aromatic heterocycles. The van der Waals surface area contributed by atoms with Crippen LogP contribution in [0.25, 0.3) is 33.9 Å². The van der Waals surface area contributed by atoms with Gasteiger partial charge in [0.15, 0.2) is 0 Å². The number of hydrogen-bond donors (Lipinski definition) is 0. The van der Waals surface area contributed by atoms with Crippen molar-refractivity contribution in [2.24, 2.45) is 0 Å². The molecule has 0 saturated carbocycles. The van der Waals surface area contributed by atoms with E-state index in [1.807, 2.05) is 11.8 Å². The Hall–Kier alpha value is -5.97. The van der Waals surface area contributed by atoms with Crippen molar-refractivity contribution in [3.8, 4) is 0 Å². The fraction of sp³-hybridized carbons (Fsp3) is 0.120. The van der Waals surface area contributed by atoms with E-state index in [4.69, 9.17) is 4.42 Å². The normalized spacial score (nSPS) is 22.7. The number of anilines is 3. The molecule has 4 heteroatoms. The van der Waals surface area contributed by atoms with Gasteiger partial charge in [0.1, 0.15) is 11.3 Å². The lowest BCUT2D eigenvalue weighted by molar-refractivity contribution is 0.528. The van der Waals surface area contributed by atoms with Crippen LogP contribution in [0.3, 0.4) is 0 Å². The highest BCUT2D eigenvalue weighted by atomic mass is 32.2. The van der Waals surface area contributed by atoms with Crippen LogP contribution in [-0.2, 0) is 6.42 Å². The Kier molecular flexibility index (Phi) is 6.64. The zero-order chi connectivity index (χ0) is 35.3. The van der Waals surface area contributed by atoms with Crippen molar-refractivity contribution in [3.63, 3.8) is 0 Å². The van der Waals surface area contributed by atoms with Crippen LogP contribution in [0, 0.1) is 0 Å². The van der Waals surface area contributed by atoms with Gasteiger partial charge in [-0.2, -0.15) is 0 Å². The maximum absolute atomic E-state index is 6.83. The summed E-state index contributed by atoms with van der Waals surface area (Å²) >= 11 is 2.02. The second kappa shape index (κ2) is 11.8. The summed E-state index contributed by atoms with van der Waals surface area (Å²) in [6.45, 7) is 0. The van der Waals surface area contributed by atoms with Crippen molar-refractivity contribution in [1.82, 2.24) is 0 Å². The third kappa shape index (κ3) is 4.50. The summed E-state index contributed by atoms with van der Waals surface area (Å²) in [6.07, 6.45) is 17.6. The van der Waals surface area contributed by atoms with E-state index in [9.17, 15) is 0 Å². The van der Waals surface area contributed by atoms with Crippen molar-refractivity contribution in [2.75, 3.05) is 9.80 Å². The van der Waals surface area contributed by atoms with Gasteiger partial charge in [-0.15, -0.1) is 11.8 Å². The standard InChI is InChI=1S/C50H36N2OS/c1-2-12-33(13-3-1)52-45-17-9-8-16-39(45)40-25-20-34(28-46(40)52)51(35-21-26-41-43-23-18-31-10-4-6-14-37(31)49(43)53-47(41)29-35)36-22-27-42-44-24-19-32-11-5-7-15-38(32)50(44)54-48(42)30-36/h1-28,30,35,40,44,46,50H,29H2. The van der Waals surface area contributed by atoms with E-state index in [0.717, 1.165) is 17.8 Å². The summed E-state index contributed by atoms with van der Waals surface area (Å²) in [7, 11) is 0. The van der Waals surface area contributed by atoms with E-state index < -0.39 is 0 Å². The van der Waals surface area contributed by atoms with Crippen LogP contribution in [0.5, 0.6) is 0 Å². The van der Waals surface area contributed by atoms with Crippen molar-refractivity contribution < 1.29 is 4.42 Å². The van der Waals surface area contributed by atoms with Crippen LogP contribution in [0.4, 0.5) is 17.1 Å². The molecule has 258 valence electrons. The first-order chi connectivity index (χ1) is 26.8. The molecule has 0 radical (unpaired) electrons. The molecule has 12 rings (SSSR count). The molecule has 0 amide bonds. The molecular weight excluding hydrogens is 677 g/mol. The maximum Gasteiger partial charge on any atom is 0.142 e. The van der Waals surface area contributed by atoms with Crippen LogP contribution in [0.1, 0.15) is 50.7 Å². The van der Waals surface area contributed by atoms with Crippen molar-refractivity contribution in [1.29, 1.82) is 0 Å². The van der Waals surface area contributed by atoms with Crippen molar-refractivity contribution in [3.05, 3.63) is 203 Å². The third-order valence-electron chi connectivity index (χ3n) is 12.3. The predicted octanol–water partition coefficient (Wildman–Crippen LogP) is 12.7. The maximum atomic E-state index is 6.83.